The van der Waals surface area contributed by atoms with Crippen molar-refractivity contribution < 1.29 is 17.9 Å². The van der Waals surface area contributed by atoms with Gasteiger partial charge in [-0.3, -0.25) is 0 Å². The molecule has 0 aliphatic rings. The van der Waals surface area contributed by atoms with E-state index in [2.05, 4.69) is 15.3 Å². The van der Waals surface area contributed by atoms with E-state index in [1.54, 1.807) is 6.92 Å². The minimum atomic E-state index is -4.14. The average Bonchev–Trinajstić information content (AvgIpc) is 2.28. The number of nitrogens with zero attached hydrogens (tertiary/aromatic N) is 2. The molecule has 1 aromatic heterocycles. The molecule has 0 saturated heterocycles. The minimum absolute atomic E-state index is 0.0110. The van der Waals surface area contributed by atoms with Crippen LogP contribution in [0.3, 0.4) is 0 Å². The number of nitrogens with one attached hydrogen (secondary N) is 1. The highest BCUT2D eigenvalue weighted by Gasteiger charge is 2.26. The molecule has 4 nitrogen and oxygen atoms in total. The van der Waals surface area contributed by atoms with Crippen molar-refractivity contribution in [1.82, 2.24) is 9.97 Å². The van der Waals surface area contributed by atoms with Crippen LogP contribution in [0.1, 0.15) is 25.3 Å². The molecule has 0 bridgehead atoms. The molecule has 1 rings (SSSR count). The Labute approximate surface area is 104 Å². The lowest BCUT2D eigenvalue weighted by molar-refractivity contribution is -0.136. The SMILES string of the molecule is CCNc1ncnc(OCCCC(F)(F)F)c1C. The Hall–Kier alpha value is -1.53. The van der Waals surface area contributed by atoms with Gasteiger partial charge >= 0.3 is 6.18 Å². The Kier molecular flexibility index (Phi) is 5.18. The number of rotatable bonds is 6. The summed E-state index contributed by atoms with van der Waals surface area (Å²) in [5.41, 5.74) is 0.700. The van der Waals surface area contributed by atoms with E-state index >= 15 is 0 Å². The maximum Gasteiger partial charge on any atom is 0.389 e. The van der Waals surface area contributed by atoms with E-state index in [0.717, 1.165) is 0 Å². The van der Waals surface area contributed by atoms with Gasteiger partial charge < -0.3 is 10.1 Å². The molecule has 102 valence electrons. The predicted octanol–water partition coefficient (Wildman–Crippen LogP) is 2.94. The highest BCUT2D eigenvalue weighted by molar-refractivity contribution is 5.47. The fraction of sp³-hybridized carbons (Fsp3) is 0.636. The van der Waals surface area contributed by atoms with Gasteiger partial charge in [0.2, 0.25) is 5.88 Å². The number of hydrogen-bond acceptors (Lipinski definition) is 4. The first-order valence-electron chi connectivity index (χ1n) is 5.69. The van der Waals surface area contributed by atoms with Crippen molar-refractivity contribution in [3.05, 3.63) is 11.9 Å². The molecule has 1 heterocycles. The maximum atomic E-state index is 11.9. The van der Waals surface area contributed by atoms with E-state index < -0.39 is 12.6 Å². The fourth-order valence-corrected chi connectivity index (χ4v) is 1.37. The number of aromatic nitrogens is 2. The second-order valence-electron chi connectivity index (χ2n) is 3.75. The van der Waals surface area contributed by atoms with Crippen LogP contribution in [0.25, 0.3) is 0 Å². The van der Waals surface area contributed by atoms with Crippen molar-refractivity contribution in [1.29, 1.82) is 0 Å². The summed E-state index contributed by atoms with van der Waals surface area (Å²) in [7, 11) is 0. The van der Waals surface area contributed by atoms with Crippen LogP contribution in [0.2, 0.25) is 0 Å². The molecule has 0 spiro atoms. The molecule has 0 aromatic carbocycles. The van der Waals surface area contributed by atoms with Gasteiger partial charge in [0.15, 0.2) is 0 Å². The van der Waals surface area contributed by atoms with Crippen molar-refractivity contribution in [2.24, 2.45) is 0 Å². The molecular weight excluding hydrogens is 247 g/mol. The monoisotopic (exact) mass is 263 g/mol. The lowest BCUT2D eigenvalue weighted by Gasteiger charge is -2.11. The molecule has 1 N–H and O–H groups in total. The third kappa shape index (κ3) is 4.77. The molecule has 0 atom stereocenters. The van der Waals surface area contributed by atoms with Crippen LogP contribution >= 0.6 is 0 Å². The summed E-state index contributed by atoms with van der Waals surface area (Å²) >= 11 is 0. The first kappa shape index (κ1) is 14.5. The predicted molar refractivity (Wildman–Crippen MR) is 61.7 cm³/mol. The maximum absolute atomic E-state index is 11.9. The van der Waals surface area contributed by atoms with Gasteiger partial charge in [0, 0.05) is 13.0 Å². The highest BCUT2D eigenvalue weighted by Crippen LogP contribution is 2.23. The number of halogens is 3. The molecule has 0 radical (unpaired) electrons. The Morgan fingerprint density at radius 2 is 2.06 bits per heavy atom. The molecule has 0 aliphatic carbocycles. The smallest absolute Gasteiger partial charge is 0.389 e. The molecule has 0 unspecified atom stereocenters. The van der Waals surface area contributed by atoms with E-state index in [1.165, 1.54) is 6.33 Å². The van der Waals surface area contributed by atoms with E-state index in [9.17, 15) is 13.2 Å². The molecule has 0 aliphatic heterocycles. The van der Waals surface area contributed by atoms with Gasteiger partial charge in [0.25, 0.3) is 0 Å². The van der Waals surface area contributed by atoms with E-state index in [1.807, 2.05) is 6.92 Å². The zero-order valence-corrected chi connectivity index (χ0v) is 10.3. The van der Waals surface area contributed by atoms with Crippen LogP contribution < -0.4 is 10.1 Å². The third-order valence-electron chi connectivity index (χ3n) is 2.23. The summed E-state index contributed by atoms with van der Waals surface area (Å²) < 4.78 is 41.0. The Morgan fingerprint density at radius 1 is 1.33 bits per heavy atom. The van der Waals surface area contributed by atoms with Gasteiger partial charge in [-0.2, -0.15) is 13.2 Å². The van der Waals surface area contributed by atoms with Crippen molar-refractivity contribution in [3.8, 4) is 5.88 Å². The molecule has 18 heavy (non-hydrogen) atoms. The Morgan fingerprint density at radius 3 is 2.67 bits per heavy atom. The van der Waals surface area contributed by atoms with Crippen molar-refractivity contribution in [2.75, 3.05) is 18.5 Å². The fourth-order valence-electron chi connectivity index (χ4n) is 1.37. The second-order valence-corrected chi connectivity index (χ2v) is 3.75. The number of ether oxygens (including phenoxy) is 1. The number of alkyl halides is 3. The van der Waals surface area contributed by atoms with E-state index in [-0.39, 0.29) is 13.0 Å². The van der Waals surface area contributed by atoms with Crippen LogP contribution in [0.15, 0.2) is 6.33 Å². The van der Waals surface area contributed by atoms with Gasteiger partial charge in [-0.25, -0.2) is 9.97 Å². The second kappa shape index (κ2) is 6.42. The zero-order chi connectivity index (χ0) is 13.6. The van der Waals surface area contributed by atoms with Crippen LogP contribution in [0.5, 0.6) is 5.88 Å². The van der Waals surface area contributed by atoms with Crippen molar-refractivity contribution in [2.45, 2.75) is 32.9 Å². The van der Waals surface area contributed by atoms with Crippen molar-refractivity contribution >= 4 is 5.82 Å². The number of hydrogen-bond donors (Lipinski definition) is 1. The van der Waals surface area contributed by atoms with Gasteiger partial charge in [0.05, 0.1) is 12.2 Å². The topological polar surface area (TPSA) is 47.0 Å². The van der Waals surface area contributed by atoms with Gasteiger partial charge in [-0.1, -0.05) is 0 Å². The zero-order valence-electron chi connectivity index (χ0n) is 10.3. The van der Waals surface area contributed by atoms with Crippen LogP contribution in [0.4, 0.5) is 19.0 Å². The van der Waals surface area contributed by atoms with Gasteiger partial charge in [-0.15, -0.1) is 0 Å². The summed E-state index contributed by atoms with van der Waals surface area (Å²) in [5, 5.41) is 3.02. The molecular formula is C11H16F3N3O. The van der Waals surface area contributed by atoms with Gasteiger partial charge in [-0.05, 0) is 20.3 Å². The molecule has 0 fully saturated rings. The molecule has 0 amide bonds. The van der Waals surface area contributed by atoms with Crippen molar-refractivity contribution in [3.63, 3.8) is 0 Å². The highest BCUT2D eigenvalue weighted by atomic mass is 19.4. The van der Waals surface area contributed by atoms with Crippen LogP contribution in [-0.4, -0.2) is 29.3 Å². The van der Waals surface area contributed by atoms with E-state index in [0.29, 0.717) is 23.8 Å². The quantitative estimate of drug-likeness (QED) is 0.802. The summed E-state index contributed by atoms with van der Waals surface area (Å²) in [5.74, 6) is 0.960. The summed E-state index contributed by atoms with van der Waals surface area (Å²) in [6.07, 6.45) is -3.75. The Bertz CT molecular complexity index is 382. The Balaban J connectivity index is 2.50. The normalized spacial score (nSPS) is 11.4. The van der Waals surface area contributed by atoms with Crippen LogP contribution in [-0.2, 0) is 0 Å². The van der Waals surface area contributed by atoms with E-state index in [4.69, 9.17) is 4.74 Å². The summed E-state index contributed by atoms with van der Waals surface area (Å²) in [6, 6.07) is 0. The third-order valence-corrected chi connectivity index (χ3v) is 2.23. The molecule has 0 saturated carbocycles. The first-order valence-corrected chi connectivity index (χ1v) is 5.69. The standard InChI is InChI=1S/C11H16F3N3O/c1-3-15-9-8(2)10(17-7-16-9)18-6-4-5-11(12,13)14/h7H,3-6H2,1-2H3,(H,15,16,17). The number of anilines is 1. The first-order chi connectivity index (χ1) is 8.44. The lowest BCUT2D eigenvalue weighted by atomic mass is 10.3. The lowest BCUT2D eigenvalue weighted by Crippen LogP contribution is -2.11. The average molecular weight is 263 g/mol. The van der Waals surface area contributed by atoms with Gasteiger partial charge in [0.1, 0.15) is 12.1 Å². The van der Waals surface area contributed by atoms with Crippen LogP contribution in [0, 0.1) is 6.92 Å². The molecule has 7 heteroatoms. The summed E-state index contributed by atoms with van der Waals surface area (Å²) in [6.45, 7) is 4.37. The molecule has 1 aromatic rings. The summed E-state index contributed by atoms with van der Waals surface area (Å²) in [4.78, 5) is 7.91. The largest absolute Gasteiger partial charge is 0.477 e. The minimum Gasteiger partial charge on any atom is -0.477 e.